The van der Waals surface area contributed by atoms with E-state index in [1.165, 1.54) is 11.8 Å². The van der Waals surface area contributed by atoms with E-state index >= 15 is 0 Å². The molecule has 4 rings (SSSR count). The molecule has 122 valence electrons. The molecule has 1 saturated carbocycles. The van der Waals surface area contributed by atoms with Gasteiger partial charge in [-0.15, -0.1) is 0 Å². The second-order valence-electron chi connectivity index (χ2n) is 6.41. The molecule has 6 heteroatoms. The molecular weight excluding hydrogens is 361 g/mol. The topological polar surface area (TPSA) is 28.6 Å². The lowest BCUT2D eigenvalue weighted by atomic mass is 10.1. The minimum atomic E-state index is -0.275. The Morgan fingerprint density at radius 3 is 2.91 bits per heavy atom. The van der Waals surface area contributed by atoms with Crippen LogP contribution in [-0.2, 0) is 4.74 Å². The second kappa shape index (κ2) is 5.60. The summed E-state index contributed by atoms with van der Waals surface area (Å²) in [5, 5.41) is 1.00. The first kappa shape index (κ1) is 15.1. The van der Waals surface area contributed by atoms with Gasteiger partial charge in [0.25, 0.3) is 0 Å². The normalized spacial score (nSPS) is 23.8. The Kier molecular flexibility index (Phi) is 3.69. The molecule has 23 heavy (non-hydrogen) atoms. The van der Waals surface area contributed by atoms with Crippen LogP contribution in [0.1, 0.15) is 19.3 Å². The lowest BCUT2D eigenvalue weighted by Gasteiger charge is -2.27. The maximum Gasteiger partial charge on any atom is 0.139 e. The number of nitrogens with zero attached hydrogens (tertiary/aromatic N) is 3. The van der Waals surface area contributed by atoms with Crippen LogP contribution < -0.4 is 9.80 Å². The number of pyridine rings is 1. The van der Waals surface area contributed by atoms with E-state index in [0.29, 0.717) is 22.1 Å². The molecule has 0 N–H and O–H groups in total. The second-order valence-corrected chi connectivity index (χ2v) is 7.26. The summed E-state index contributed by atoms with van der Waals surface area (Å²) in [5.41, 5.74) is 2.97. The van der Waals surface area contributed by atoms with E-state index in [1.54, 1.807) is 7.11 Å². The Balaban J connectivity index is 1.83. The van der Waals surface area contributed by atoms with Crippen molar-refractivity contribution in [3.05, 3.63) is 28.6 Å². The zero-order valence-electron chi connectivity index (χ0n) is 13.2. The molecular formula is C17H19BrFN3O. The summed E-state index contributed by atoms with van der Waals surface area (Å²) in [4.78, 5) is 9.08. The summed E-state index contributed by atoms with van der Waals surface area (Å²) in [6.07, 6.45) is 5.45. The first-order chi connectivity index (χ1) is 11.1. The lowest BCUT2D eigenvalue weighted by molar-refractivity contribution is 0.108. The number of hydrogen-bond donors (Lipinski definition) is 0. The van der Waals surface area contributed by atoms with Gasteiger partial charge in [-0.3, -0.25) is 4.98 Å². The number of halogens is 2. The first-order valence-electron chi connectivity index (χ1n) is 7.87. The molecule has 2 heterocycles. The van der Waals surface area contributed by atoms with Gasteiger partial charge < -0.3 is 14.5 Å². The number of hydrogen-bond acceptors (Lipinski definition) is 4. The van der Waals surface area contributed by atoms with Gasteiger partial charge in [-0.05, 0) is 41.3 Å². The highest BCUT2D eigenvalue weighted by Gasteiger charge is 2.36. The molecule has 0 amide bonds. The third-order valence-electron chi connectivity index (χ3n) is 5.06. The largest absolute Gasteiger partial charge is 0.381 e. The summed E-state index contributed by atoms with van der Waals surface area (Å²) in [5.74, 6) is -0.275. The zero-order chi connectivity index (χ0) is 16.1. The summed E-state index contributed by atoms with van der Waals surface area (Å²) < 4.78 is 19.9. The van der Waals surface area contributed by atoms with Gasteiger partial charge in [-0.1, -0.05) is 0 Å². The lowest BCUT2D eigenvalue weighted by Crippen LogP contribution is -2.36. The third-order valence-corrected chi connectivity index (χ3v) is 5.66. The molecule has 1 aliphatic heterocycles. The van der Waals surface area contributed by atoms with Gasteiger partial charge >= 0.3 is 0 Å². The summed E-state index contributed by atoms with van der Waals surface area (Å²) in [6.45, 7) is 0.840. The van der Waals surface area contributed by atoms with Gasteiger partial charge in [0.2, 0.25) is 0 Å². The van der Waals surface area contributed by atoms with Gasteiger partial charge in [-0.25, -0.2) is 4.39 Å². The van der Waals surface area contributed by atoms with Crippen molar-refractivity contribution in [2.75, 3.05) is 30.6 Å². The minimum Gasteiger partial charge on any atom is -0.381 e. The Bertz CT molecular complexity index is 769. The fourth-order valence-electron chi connectivity index (χ4n) is 3.83. The molecule has 1 aromatic carbocycles. The van der Waals surface area contributed by atoms with Crippen LogP contribution in [0.15, 0.2) is 22.8 Å². The van der Waals surface area contributed by atoms with Crippen LogP contribution in [0.3, 0.4) is 0 Å². The molecule has 0 unspecified atom stereocenters. The quantitative estimate of drug-likeness (QED) is 0.790. The van der Waals surface area contributed by atoms with Gasteiger partial charge in [0, 0.05) is 31.7 Å². The molecule has 0 radical (unpaired) electrons. The number of ether oxygens (including phenoxy) is 1. The van der Waals surface area contributed by atoms with E-state index in [1.807, 2.05) is 12.3 Å². The molecule has 2 aliphatic rings. The fourth-order valence-corrected chi connectivity index (χ4v) is 4.18. The smallest absolute Gasteiger partial charge is 0.139 e. The molecule has 2 atom stereocenters. The van der Waals surface area contributed by atoms with E-state index in [2.05, 4.69) is 37.8 Å². The van der Waals surface area contributed by atoms with Crippen LogP contribution in [0.2, 0.25) is 0 Å². The standard InChI is InChI=1S/C17H19BrFN3O/c1-21-9-22(10-3-4-11(5-10)23-2)17-12-6-13(18)14(19)7-15(12)20-8-16(17)21/h6-8,10-11H,3-5,9H2,1-2H3/t10-,11-/m1/s1. The van der Waals surface area contributed by atoms with Crippen LogP contribution in [0, 0.1) is 5.82 Å². The summed E-state index contributed by atoms with van der Waals surface area (Å²) in [6, 6.07) is 3.81. The van der Waals surface area contributed by atoms with Crippen molar-refractivity contribution in [3.63, 3.8) is 0 Å². The summed E-state index contributed by atoms with van der Waals surface area (Å²) >= 11 is 3.31. The van der Waals surface area contributed by atoms with Gasteiger partial charge in [-0.2, -0.15) is 0 Å². The summed E-state index contributed by atoms with van der Waals surface area (Å²) in [7, 11) is 3.87. The van der Waals surface area contributed by atoms with Crippen molar-refractivity contribution in [2.24, 2.45) is 0 Å². The van der Waals surface area contributed by atoms with Gasteiger partial charge in [0.1, 0.15) is 5.82 Å². The van der Waals surface area contributed by atoms with Gasteiger partial charge in [0.15, 0.2) is 0 Å². The third kappa shape index (κ3) is 2.39. The molecule has 0 saturated heterocycles. The first-order valence-corrected chi connectivity index (χ1v) is 8.66. The molecule has 4 nitrogen and oxygen atoms in total. The Hall–Kier alpha value is -1.40. The number of methoxy groups -OCH3 is 1. The van der Waals surface area contributed by atoms with Crippen LogP contribution in [0.5, 0.6) is 0 Å². The monoisotopic (exact) mass is 379 g/mol. The van der Waals surface area contributed by atoms with Crippen molar-refractivity contribution in [3.8, 4) is 0 Å². The van der Waals surface area contributed by atoms with Crippen molar-refractivity contribution in [1.82, 2.24) is 4.98 Å². The Morgan fingerprint density at radius 1 is 1.35 bits per heavy atom. The predicted molar refractivity (Wildman–Crippen MR) is 93.6 cm³/mol. The van der Waals surface area contributed by atoms with Crippen molar-refractivity contribution >= 4 is 38.2 Å². The number of fused-ring (bicyclic) bond motifs is 3. The number of rotatable bonds is 2. The molecule has 0 spiro atoms. The van der Waals surface area contributed by atoms with Crippen LogP contribution >= 0.6 is 15.9 Å². The average Bonchev–Trinajstić information content (AvgIpc) is 3.13. The van der Waals surface area contributed by atoms with E-state index in [0.717, 1.165) is 37.0 Å². The highest BCUT2D eigenvalue weighted by Crippen LogP contribution is 2.44. The van der Waals surface area contributed by atoms with Crippen LogP contribution in [0.25, 0.3) is 10.9 Å². The van der Waals surface area contributed by atoms with E-state index in [4.69, 9.17) is 4.74 Å². The predicted octanol–water partition coefficient (Wildman–Crippen LogP) is 3.92. The SMILES string of the molecule is CO[C@@H]1CC[C@@H](N2CN(C)c3cnc4cc(F)c(Br)cc4c32)C1. The van der Waals surface area contributed by atoms with E-state index < -0.39 is 0 Å². The maximum absolute atomic E-state index is 13.8. The van der Waals surface area contributed by atoms with Crippen LogP contribution in [-0.4, -0.2) is 38.0 Å². The maximum atomic E-state index is 13.8. The van der Waals surface area contributed by atoms with Crippen LogP contribution in [0.4, 0.5) is 15.8 Å². The minimum absolute atomic E-state index is 0.275. The molecule has 2 aromatic rings. The molecule has 1 aliphatic carbocycles. The molecule has 1 fully saturated rings. The number of anilines is 2. The molecule has 1 aromatic heterocycles. The van der Waals surface area contributed by atoms with Crippen molar-refractivity contribution < 1.29 is 9.13 Å². The average molecular weight is 380 g/mol. The van der Waals surface area contributed by atoms with Crippen molar-refractivity contribution in [1.29, 1.82) is 0 Å². The highest BCUT2D eigenvalue weighted by atomic mass is 79.9. The highest BCUT2D eigenvalue weighted by molar-refractivity contribution is 9.10. The molecule has 0 bridgehead atoms. The Morgan fingerprint density at radius 2 is 2.17 bits per heavy atom. The Labute approximate surface area is 143 Å². The van der Waals surface area contributed by atoms with Crippen molar-refractivity contribution in [2.45, 2.75) is 31.4 Å². The van der Waals surface area contributed by atoms with E-state index in [9.17, 15) is 4.39 Å². The number of aromatic nitrogens is 1. The van der Waals surface area contributed by atoms with Gasteiger partial charge in [0.05, 0.1) is 40.3 Å². The van der Waals surface area contributed by atoms with E-state index in [-0.39, 0.29) is 5.82 Å². The number of benzene rings is 1. The fraction of sp³-hybridized carbons (Fsp3) is 0.471. The zero-order valence-corrected chi connectivity index (χ0v) is 14.8.